The summed E-state index contributed by atoms with van der Waals surface area (Å²) in [6.45, 7) is 1.82. The number of carbonyl (C=O) groups excluding carboxylic acids is 1. The molecule has 0 atom stereocenters. The van der Waals surface area contributed by atoms with E-state index in [4.69, 9.17) is 2.74 Å². The topological polar surface area (TPSA) is 26.3 Å². The van der Waals surface area contributed by atoms with Crippen LogP contribution in [0.25, 0.3) is 0 Å². The quantitative estimate of drug-likeness (QED) is 0.454. The highest BCUT2D eigenvalue weighted by molar-refractivity contribution is 9.09. The lowest BCUT2D eigenvalue weighted by atomic mass is 10.8. The van der Waals surface area contributed by atoms with Crippen LogP contribution in [-0.2, 0) is 9.53 Å². The molecule has 0 aromatic carbocycles. The second-order valence-electron chi connectivity index (χ2n) is 0.815. The molecular formula is C4H7BrO2. The minimum absolute atomic E-state index is 0.198. The summed E-state index contributed by atoms with van der Waals surface area (Å²) in [7, 11) is 0. The van der Waals surface area contributed by atoms with Gasteiger partial charge in [-0.1, -0.05) is 15.9 Å². The zero-order valence-electron chi connectivity index (χ0n) is 5.90. The van der Waals surface area contributed by atoms with E-state index in [0.29, 0.717) is 0 Å². The molecule has 0 amide bonds. The van der Waals surface area contributed by atoms with Gasteiger partial charge in [-0.2, -0.15) is 0 Å². The van der Waals surface area contributed by atoms with E-state index < -0.39 is 11.3 Å². The Balaban J connectivity index is 3.74. The number of alkyl halides is 1. The Hall–Kier alpha value is -0.0500. The summed E-state index contributed by atoms with van der Waals surface area (Å²) in [5.41, 5.74) is 0. The van der Waals surface area contributed by atoms with Crippen molar-refractivity contribution in [3.8, 4) is 0 Å². The van der Waals surface area contributed by atoms with Gasteiger partial charge in [-0.25, -0.2) is 0 Å². The number of hydrogen-bond acceptors (Lipinski definition) is 2. The Morgan fingerprint density at radius 2 is 2.71 bits per heavy atom. The van der Waals surface area contributed by atoms with Crippen molar-refractivity contribution in [1.29, 1.82) is 0 Å². The summed E-state index contributed by atoms with van der Waals surface area (Å²) in [5, 5.41) is -2.04. The summed E-state index contributed by atoms with van der Waals surface area (Å²) in [6.07, 6.45) is 0. The molecule has 3 heteroatoms. The summed E-state index contributed by atoms with van der Waals surface area (Å²) >= 11 is 2.50. The van der Waals surface area contributed by atoms with Gasteiger partial charge in [-0.05, 0) is 6.92 Å². The van der Waals surface area contributed by atoms with Crippen LogP contribution in [0, 0.1) is 0 Å². The van der Waals surface area contributed by atoms with Crippen LogP contribution in [-0.4, -0.2) is 17.9 Å². The summed E-state index contributed by atoms with van der Waals surface area (Å²) < 4.78 is 17.8. The molecule has 0 bridgehead atoms. The molecule has 0 fully saturated rings. The average Bonchev–Trinajstić information content (AvgIpc) is 1.64. The third-order valence-corrected chi connectivity index (χ3v) is 0.676. The van der Waals surface area contributed by atoms with Crippen LogP contribution in [0.1, 0.15) is 9.67 Å². The molecule has 0 spiro atoms. The minimum atomic E-state index is -2.04. The van der Waals surface area contributed by atoms with Gasteiger partial charge in [0.1, 0.15) is 5.28 Å². The Labute approximate surface area is 53.8 Å². The highest BCUT2D eigenvalue weighted by Crippen LogP contribution is 1.82. The van der Waals surface area contributed by atoms with Crippen LogP contribution >= 0.6 is 15.9 Å². The Morgan fingerprint density at radius 3 is 2.86 bits per heavy atom. The third kappa shape index (κ3) is 3.79. The number of esters is 1. The van der Waals surface area contributed by atoms with Gasteiger partial charge in [-0.3, -0.25) is 4.79 Å². The fraction of sp³-hybridized carbons (Fsp3) is 0.750. The van der Waals surface area contributed by atoms with Crippen LogP contribution in [0.5, 0.6) is 0 Å². The lowest BCUT2D eigenvalue weighted by Gasteiger charge is -1.92. The smallest absolute Gasteiger partial charge is 0.316 e. The first-order valence-electron chi connectivity index (χ1n) is 2.84. The van der Waals surface area contributed by atoms with Crippen molar-refractivity contribution in [1.82, 2.24) is 0 Å². The van der Waals surface area contributed by atoms with Gasteiger partial charge >= 0.3 is 5.97 Å². The normalized spacial score (nSPS) is 14.6. The maximum atomic E-state index is 10.4. The van der Waals surface area contributed by atoms with Crippen LogP contribution in [0.3, 0.4) is 0 Å². The molecule has 0 saturated heterocycles. The van der Waals surface area contributed by atoms with Crippen molar-refractivity contribution in [3.63, 3.8) is 0 Å². The van der Waals surface area contributed by atoms with Crippen molar-refractivity contribution in [3.05, 3.63) is 0 Å². The van der Waals surface area contributed by atoms with E-state index >= 15 is 0 Å². The molecule has 0 aliphatic heterocycles. The standard InChI is InChI=1S/C4H7BrO2/c1-2-7-4(6)3-5/h2-3H2,1H3/i3D2. The third-order valence-electron chi connectivity index (χ3n) is 0.353. The second-order valence-corrected chi connectivity index (χ2v) is 1.21. The number of carbonyl (C=O) groups is 1. The fourth-order valence-corrected chi connectivity index (χ4v) is 0.273. The van der Waals surface area contributed by atoms with Crippen molar-refractivity contribution < 1.29 is 12.3 Å². The van der Waals surface area contributed by atoms with Gasteiger partial charge in [0.05, 0.1) is 9.35 Å². The molecule has 0 rings (SSSR count). The van der Waals surface area contributed by atoms with Gasteiger partial charge in [0.25, 0.3) is 0 Å². The summed E-state index contributed by atoms with van der Waals surface area (Å²) in [6, 6.07) is 0. The Morgan fingerprint density at radius 1 is 2.14 bits per heavy atom. The van der Waals surface area contributed by atoms with Crippen LogP contribution in [0.4, 0.5) is 0 Å². The van der Waals surface area contributed by atoms with Crippen molar-refractivity contribution in [2.24, 2.45) is 0 Å². The number of ether oxygens (including phenoxy) is 1. The first-order chi connectivity index (χ1) is 3.98. The number of halogens is 1. The molecule has 0 aliphatic carbocycles. The van der Waals surface area contributed by atoms with Gasteiger partial charge in [-0.15, -0.1) is 0 Å². The lowest BCUT2D eigenvalue weighted by Crippen LogP contribution is -2.03. The van der Waals surface area contributed by atoms with Crippen LogP contribution < -0.4 is 0 Å². The van der Waals surface area contributed by atoms with Crippen molar-refractivity contribution in [2.45, 2.75) is 6.92 Å². The second kappa shape index (κ2) is 4.12. The zero-order valence-corrected chi connectivity index (χ0v) is 5.49. The zero-order chi connectivity index (χ0) is 7.49. The average molecular weight is 169 g/mol. The van der Waals surface area contributed by atoms with E-state index in [0.717, 1.165) is 0 Å². The van der Waals surface area contributed by atoms with Crippen LogP contribution in [0.15, 0.2) is 0 Å². The van der Waals surface area contributed by atoms with Crippen molar-refractivity contribution >= 4 is 21.9 Å². The molecule has 7 heavy (non-hydrogen) atoms. The molecule has 0 N–H and O–H groups in total. The maximum Gasteiger partial charge on any atom is 0.316 e. The largest absolute Gasteiger partial charge is 0.465 e. The van der Waals surface area contributed by atoms with Gasteiger partial charge in [0, 0.05) is 0 Å². The molecule has 0 saturated carbocycles. The molecule has 0 radical (unpaired) electrons. The highest BCUT2D eigenvalue weighted by Gasteiger charge is 1.92. The van der Waals surface area contributed by atoms with E-state index in [2.05, 4.69) is 20.7 Å². The molecule has 0 aromatic rings. The lowest BCUT2D eigenvalue weighted by molar-refractivity contribution is -0.139. The highest BCUT2D eigenvalue weighted by atomic mass is 79.9. The molecule has 2 nitrogen and oxygen atoms in total. The fourth-order valence-electron chi connectivity index (χ4n) is 0.158. The minimum Gasteiger partial charge on any atom is -0.465 e. The van der Waals surface area contributed by atoms with E-state index in [1.165, 1.54) is 0 Å². The molecule has 0 unspecified atom stereocenters. The summed E-state index contributed by atoms with van der Waals surface area (Å²) in [5.74, 6) is -0.884. The SMILES string of the molecule is [2H]C([2H])(Br)C(=O)OCC. The van der Waals surface area contributed by atoms with E-state index in [-0.39, 0.29) is 6.61 Å². The monoisotopic (exact) mass is 168 g/mol. The van der Waals surface area contributed by atoms with Crippen molar-refractivity contribution in [2.75, 3.05) is 11.9 Å². The summed E-state index contributed by atoms with van der Waals surface area (Å²) in [4.78, 5) is 10.4. The first kappa shape index (κ1) is 3.89. The predicted molar refractivity (Wildman–Crippen MR) is 30.4 cm³/mol. The number of rotatable bonds is 2. The first-order valence-corrected chi connectivity index (χ1v) is 2.64. The van der Waals surface area contributed by atoms with Gasteiger partial charge in [0.2, 0.25) is 0 Å². The molecule has 0 aliphatic rings. The van der Waals surface area contributed by atoms with Crippen LogP contribution in [0.2, 0.25) is 0 Å². The molecule has 0 heterocycles. The molecule has 0 aromatic heterocycles. The van der Waals surface area contributed by atoms with Gasteiger partial charge in [0.15, 0.2) is 0 Å². The number of hydrogen-bond donors (Lipinski definition) is 0. The Bertz CT molecular complexity index is 110. The van der Waals surface area contributed by atoms with E-state index in [1.54, 1.807) is 6.92 Å². The Kier molecular flexibility index (Phi) is 2.29. The van der Waals surface area contributed by atoms with Gasteiger partial charge < -0.3 is 4.74 Å². The predicted octanol–water partition coefficient (Wildman–Crippen LogP) is 0.944. The molecule has 42 valence electrons. The van der Waals surface area contributed by atoms with E-state index in [1.807, 2.05) is 0 Å². The molecular weight excluding hydrogens is 160 g/mol. The maximum absolute atomic E-state index is 10.4. The van der Waals surface area contributed by atoms with E-state index in [9.17, 15) is 4.79 Å².